The zero-order chi connectivity index (χ0) is 13.1. The Bertz CT molecular complexity index is 395. The van der Waals surface area contributed by atoms with Gasteiger partial charge in [-0.15, -0.1) is 0 Å². The summed E-state index contributed by atoms with van der Waals surface area (Å²) >= 11 is 0. The Labute approximate surface area is 117 Å². The first kappa shape index (κ1) is 13.1. The molecule has 1 N–H and O–H groups in total. The molecule has 0 radical (unpaired) electrons. The molecule has 1 unspecified atom stereocenters. The maximum atomic E-state index is 3.81. The van der Waals surface area contributed by atoms with Crippen LogP contribution in [0.3, 0.4) is 0 Å². The summed E-state index contributed by atoms with van der Waals surface area (Å²) in [7, 11) is 0. The highest BCUT2D eigenvalue weighted by Gasteiger charge is 2.39. The molecular formula is C17H26N2. The standard InChI is InChI=1S/C17H26N2/c1-2-16(15-8-4-3-5-9-15)19-13-12-18-17(14-19)10-6-7-11-17/h3-5,8-9,16,18H,2,6-7,10-14H2,1H3. The molecule has 3 rings (SSSR count). The number of nitrogens with zero attached hydrogens (tertiary/aromatic N) is 1. The van der Waals surface area contributed by atoms with Crippen LogP contribution in [0.25, 0.3) is 0 Å². The molecule has 1 aromatic carbocycles. The predicted molar refractivity (Wildman–Crippen MR) is 80.2 cm³/mol. The Hall–Kier alpha value is -0.860. The van der Waals surface area contributed by atoms with Gasteiger partial charge in [0.1, 0.15) is 0 Å². The van der Waals surface area contributed by atoms with Crippen LogP contribution in [0.15, 0.2) is 30.3 Å². The van der Waals surface area contributed by atoms with Crippen molar-refractivity contribution in [3.05, 3.63) is 35.9 Å². The molecule has 19 heavy (non-hydrogen) atoms. The van der Waals surface area contributed by atoms with Crippen molar-refractivity contribution >= 4 is 0 Å². The van der Waals surface area contributed by atoms with Gasteiger partial charge >= 0.3 is 0 Å². The third-order valence-corrected chi connectivity index (χ3v) is 4.98. The fraction of sp³-hybridized carbons (Fsp3) is 0.647. The van der Waals surface area contributed by atoms with E-state index in [9.17, 15) is 0 Å². The SMILES string of the molecule is CCC(c1ccccc1)N1CCNC2(CCCC2)C1. The number of benzene rings is 1. The molecule has 2 heteroatoms. The lowest BCUT2D eigenvalue weighted by Gasteiger charge is -2.45. The predicted octanol–water partition coefficient (Wildman–Crippen LogP) is 3.36. The van der Waals surface area contributed by atoms with E-state index in [1.807, 2.05) is 0 Å². The van der Waals surface area contributed by atoms with E-state index in [4.69, 9.17) is 0 Å². The van der Waals surface area contributed by atoms with Crippen LogP contribution in [-0.4, -0.2) is 30.1 Å². The minimum absolute atomic E-state index is 0.431. The van der Waals surface area contributed by atoms with Crippen LogP contribution < -0.4 is 5.32 Å². The Morgan fingerprint density at radius 2 is 1.95 bits per heavy atom. The summed E-state index contributed by atoms with van der Waals surface area (Å²) in [6.07, 6.45) is 6.76. The lowest BCUT2D eigenvalue weighted by Crippen LogP contribution is -2.59. The molecule has 2 aliphatic rings. The Morgan fingerprint density at radius 1 is 1.21 bits per heavy atom. The topological polar surface area (TPSA) is 15.3 Å². The van der Waals surface area contributed by atoms with Crippen molar-refractivity contribution < 1.29 is 0 Å². The van der Waals surface area contributed by atoms with Gasteiger partial charge in [0.25, 0.3) is 0 Å². The molecule has 2 fully saturated rings. The second-order valence-electron chi connectivity index (χ2n) is 6.22. The van der Waals surface area contributed by atoms with Gasteiger partial charge < -0.3 is 5.32 Å². The van der Waals surface area contributed by atoms with Crippen molar-refractivity contribution in [2.45, 2.75) is 50.6 Å². The van der Waals surface area contributed by atoms with Crippen LogP contribution in [-0.2, 0) is 0 Å². The van der Waals surface area contributed by atoms with Gasteiger partial charge in [-0.2, -0.15) is 0 Å². The molecule has 1 aromatic rings. The zero-order valence-corrected chi connectivity index (χ0v) is 12.1. The first-order chi connectivity index (χ1) is 9.33. The van der Waals surface area contributed by atoms with E-state index in [0.29, 0.717) is 11.6 Å². The van der Waals surface area contributed by atoms with Crippen LogP contribution >= 0.6 is 0 Å². The Balaban J connectivity index is 1.76. The Morgan fingerprint density at radius 3 is 2.63 bits per heavy atom. The van der Waals surface area contributed by atoms with Gasteiger partial charge in [-0.05, 0) is 24.8 Å². The fourth-order valence-corrected chi connectivity index (χ4v) is 4.02. The van der Waals surface area contributed by atoms with E-state index in [1.165, 1.54) is 50.8 Å². The van der Waals surface area contributed by atoms with Crippen molar-refractivity contribution in [1.29, 1.82) is 0 Å². The van der Waals surface area contributed by atoms with Crippen molar-refractivity contribution in [2.24, 2.45) is 0 Å². The van der Waals surface area contributed by atoms with Gasteiger partial charge in [0, 0.05) is 31.2 Å². The van der Waals surface area contributed by atoms with Crippen molar-refractivity contribution in [2.75, 3.05) is 19.6 Å². The van der Waals surface area contributed by atoms with Gasteiger partial charge in [-0.1, -0.05) is 50.1 Å². The summed E-state index contributed by atoms with van der Waals surface area (Å²) in [5.41, 5.74) is 1.92. The molecule has 1 saturated carbocycles. The molecule has 1 aliphatic heterocycles. The minimum atomic E-state index is 0.431. The van der Waals surface area contributed by atoms with E-state index < -0.39 is 0 Å². The normalized spacial score (nSPS) is 24.7. The number of nitrogens with one attached hydrogen (secondary N) is 1. The summed E-state index contributed by atoms with van der Waals surface area (Å²) < 4.78 is 0. The zero-order valence-electron chi connectivity index (χ0n) is 12.1. The van der Waals surface area contributed by atoms with Crippen molar-refractivity contribution in [3.63, 3.8) is 0 Å². The fourth-order valence-electron chi connectivity index (χ4n) is 4.02. The molecule has 1 aliphatic carbocycles. The molecular weight excluding hydrogens is 232 g/mol. The summed E-state index contributed by atoms with van der Waals surface area (Å²) in [6.45, 7) is 5.90. The van der Waals surface area contributed by atoms with Gasteiger partial charge in [-0.25, -0.2) is 0 Å². The minimum Gasteiger partial charge on any atom is -0.309 e. The molecule has 1 saturated heterocycles. The highest BCUT2D eigenvalue weighted by Crippen LogP contribution is 2.35. The number of piperazine rings is 1. The lowest BCUT2D eigenvalue weighted by molar-refractivity contribution is 0.0913. The quantitative estimate of drug-likeness (QED) is 0.894. The van der Waals surface area contributed by atoms with Gasteiger partial charge in [-0.3, -0.25) is 4.90 Å². The third kappa shape index (κ3) is 2.70. The highest BCUT2D eigenvalue weighted by molar-refractivity contribution is 5.19. The largest absolute Gasteiger partial charge is 0.309 e. The van der Waals surface area contributed by atoms with Crippen molar-refractivity contribution in [1.82, 2.24) is 10.2 Å². The van der Waals surface area contributed by atoms with Crippen molar-refractivity contribution in [3.8, 4) is 0 Å². The Kier molecular flexibility index (Phi) is 3.90. The average molecular weight is 258 g/mol. The van der Waals surface area contributed by atoms with Gasteiger partial charge in [0.15, 0.2) is 0 Å². The summed E-state index contributed by atoms with van der Waals surface area (Å²) in [6, 6.07) is 11.6. The van der Waals surface area contributed by atoms with Crippen LogP contribution in [0.4, 0.5) is 0 Å². The summed E-state index contributed by atoms with van der Waals surface area (Å²) in [5.74, 6) is 0. The maximum Gasteiger partial charge on any atom is 0.0346 e. The molecule has 104 valence electrons. The first-order valence-corrected chi connectivity index (χ1v) is 7.87. The molecule has 0 amide bonds. The number of hydrogen-bond acceptors (Lipinski definition) is 2. The summed E-state index contributed by atoms with van der Waals surface area (Å²) in [5, 5.41) is 3.81. The van der Waals surface area contributed by atoms with Crippen LogP contribution in [0.1, 0.15) is 50.6 Å². The average Bonchev–Trinajstić information content (AvgIpc) is 2.89. The first-order valence-electron chi connectivity index (χ1n) is 7.87. The van der Waals surface area contributed by atoms with E-state index in [1.54, 1.807) is 0 Å². The maximum absolute atomic E-state index is 3.81. The van der Waals surface area contributed by atoms with Gasteiger partial charge in [0.05, 0.1) is 0 Å². The number of rotatable bonds is 3. The highest BCUT2D eigenvalue weighted by atomic mass is 15.2. The monoisotopic (exact) mass is 258 g/mol. The lowest BCUT2D eigenvalue weighted by atomic mass is 9.92. The van der Waals surface area contributed by atoms with Crippen LogP contribution in [0.5, 0.6) is 0 Å². The third-order valence-electron chi connectivity index (χ3n) is 4.98. The molecule has 2 nitrogen and oxygen atoms in total. The molecule has 0 aromatic heterocycles. The smallest absolute Gasteiger partial charge is 0.0346 e. The second-order valence-corrected chi connectivity index (χ2v) is 6.22. The molecule has 1 spiro atoms. The van der Waals surface area contributed by atoms with E-state index in [2.05, 4.69) is 47.5 Å². The molecule has 1 heterocycles. The van der Waals surface area contributed by atoms with Gasteiger partial charge in [0.2, 0.25) is 0 Å². The van der Waals surface area contributed by atoms with E-state index in [0.717, 1.165) is 6.54 Å². The number of hydrogen-bond donors (Lipinski definition) is 1. The second kappa shape index (κ2) is 5.64. The van der Waals surface area contributed by atoms with E-state index in [-0.39, 0.29) is 0 Å². The van der Waals surface area contributed by atoms with E-state index >= 15 is 0 Å². The molecule has 0 bridgehead atoms. The van der Waals surface area contributed by atoms with Crippen LogP contribution in [0.2, 0.25) is 0 Å². The summed E-state index contributed by atoms with van der Waals surface area (Å²) in [4.78, 5) is 2.72. The van der Waals surface area contributed by atoms with Crippen LogP contribution in [0, 0.1) is 0 Å². The molecule has 1 atom stereocenters.